The lowest BCUT2D eigenvalue weighted by Gasteiger charge is -2.34. The summed E-state index contributed by atoms with van der Waals surface area (Å²) >= 11 is 6.05. The van der Waals surface area contributed by atoms with Gasteiger partial charge in [0.15, 0.2) is 0 Å². The summed E-state index contributed by atoms with van der Waals surface area (Å²) in [5.74, 6) is 2.12. The molecule has 2 nitrogen and oxygen atoms in total. The molecule has 0 aliphatic carbocycles. The molecule has 98 valence electrons. The first-order chi connectivity index (χ1) is 9.29. The summed E-state index contributed by atoms with van der Waals surface area (Å²) in [4.78, 5) is 6.85. The highest BCUT2D eigenvalue weighted by Crippen LogP contribution is 2.35. The van der Waals surface area contributed by atoms with Gasteiger partial charge in [-0.3, -0.25) is 0 Å². The monoisotopic (exact) mass is 272 g/mol. The van der Waals surface area contributed by atoms with Crippen molar-refractivity contribution < 1.29 is 0 Å². The van der Waals surface area contributed by atoms with Crippen LogP contribution in [0.4, 0.5) is 11.5 Å². The number of nitrogens with zero attached hydrogens (tertiary/aromatic N) is 2. The Kier molecular flexibility index (Phi) is 3.43. The van der Waals surface area contributed by atoms with Crippen molar-refractivity contribution in [1.29, 1.82) is 0 Å². The molecule has 0 spiro atoms. The fourth-order valence-electron chi connectivity index (χ4n) is 2.77. The number of para-hydroxylation sites is 1. The molecule has 3 heteroatoms. The van der Waals surface area contributed by atoms with Crippen molar-refractivity contribution in [2.45, 2.75) is 19.2 Å². The smallest absolute Gasteiger partial charge is 0.137 e. The Bertz CT molecular complexity index is 582. The van der Waals surface area contributed by atoms with Gasteiger partial charge in [0, 0.05) is 24.0 Å². The van der Waals surface area contributed by atoms with Gasteiger partial charge in [-0.2, -0.15) is 0 Å². The molecular formula is C16H17ClN2. The molecule has 2 heterocycles. The van der Waals surface area contributed by atoms with E-state index in [2.05, 4.69) is 47.1 Å². The second-order valence-corrected chi connectivity index (χ2v) is 5.44. The van der Waals surface area contributed by atoms with Crippen LogP contribution in [0.1, 0.15) is 18.1 Å². The molecule has 3 rings (SSSR count). The van der Waals surface area contributed by atoms with Crippen LogP contribution in [0.5, 0.6) is 0 Å². The number of fused-ring (bicyclic) bond motifs is 1. The number of pyridine rings is 1. The Balaban J connectivity index is 2.10. The molecule has 0 bridgehead atoms. The number of hydrogen-bond acceptors (Lipinski definition) is 2. The van der Waals surface area contributed by atoms with Gasteiger partial charge in [-0.05, 0) is 30.0 Å². The van der Waals surface area contributed by atoms with Crippen LogP contribution in [0.2, 0.25) is 0 Å². The zero-order chi connectivity index (χ0) is 13.2. The molecule has 1 aliphatic rings. The molecule has 1 aromatic carbocycles. The highest BCUT2D eigenvalue weighted by molar-refractivity contribution is 6.17. The molecule has 0 N–H and O–H groups in total. The largest absolute Gasteiger partial charge is 0.326 e. The van der Waals surface area contributed by atoms with Crippen molar-refractivity contribution in [1.82, 2.24) is 4.98 Å². The van der Waals surface area contributed by atoms with Gasteiger partial charge < -0.3 is 4.90 Å². The highest BCUT2D eigenvalue weighted by atomic mass is 35.5. The van der Waals surface area contributed by atoms with Gasteiger partial charge >= 0.3 is 0 Å². The lowest BCUT2D eigenvalue weighted by Crippen LogP contribution is -2.31. The summed E-state index contributed by atoms with van der Waals surface area (Å²) in [6.07, 6.45) is 2.98. The predicted molar refractivity (Wildman–Crippen MR) is 80.1 cm³/mol. The van der Waals surface area contributed by atoms with E-state index in [1.165, 1.54) is 11.3 Å². The average Bonchev–Trinajstić information content (AvgIpc) is 2.46. The molecule has 0 fully saturated rings. The standard InChI is InChI=1S/C16H17ClN2/c1-12-9-13-5-2-3-7-15(13)19(11-12)16-14(10-17)6-4-8-18-16/h2-8,12H,9-11H2,1H3. The molecular weight excluding hydrogens is 256 g/mol. The molecule has 0 saturated carbocycles. The van der Waals surface area contributed by atoms with Crippen molar-refractivity contribution in [2.75, 3.05) is 11.4 Å². The van der Waals surface area contributed by atoms with Crippen LogP contribution < -0.4 is 4.90 Å². The van der Waals surface area contributed by atoms with Gasteiger partial charge in [0.05, 0.1) is 5.88 Å². The van der Waals surface area contributed by atoms with Crippen LogP contribution in [0.15, 0.2) is 42.6 Å². The van der Waals surface area contributed by atoms with Crippen LogP contribution in [-0.4, -0.2) is 11.5 Å². The first kappa shape index (κ1) is 12.5. The molecule has 2 aromatic rings. The van der Waals surface area contributed by atoms with Crippen molar-refractivity contribution in [3.05, 3.63) is 53.7 Å². The van der Waals surface area contributed by atoms with Gasteiger partial charge in [0.25, 0.3) is 0 Å². The van der Waals surface area contributed by atoms with Crippen molar-refractivity contribution in [3.8, 4) is 0 Å². The number of benzene rings is 1. The van der Waals surface area contributed by atoms with Gasteiger partial charge in [0.1, 0.15) is 5.82 Å². The minimum absolute atomic E-state index is 0.496. The van der Waals surface area contributed by atoms with Crippen LogP contribution in [0.3, 0.4) is 0 Å². The van der Waals surface area contributed by atoms with Gasteiger partial charge in [0.2, 0.25) is 0 Å². The number of hydrogen-bond donors (Lipinski definition) is 0. The number of aromatic nitrogens is 1. The zero-order valence-corrected chi connectivity index (χ0v) is 11.8. The third kappa shape index (κ3) is 2.33. The van der Waals surface area contributed by atoms with E-state index in [1.807, 2.05) is 12.3 Å². The Hall–Kier alpha value is -1.54. The lowest BCUT2D eigenvalue weighted by atomic mass is 9.93. The molecule has 19 heavy (non-hydrogen) atoms. The van der Waals surface area contributed by atoms with E-state index in [1.54, 1.807) is 0 Å². The molecule has 1 aromatic heterocycles. The van der Waals surface area contributed by atoms with Crippen molar-refractivity contribution >= 4 is 23.1 Å². The fraction of sp³-hybridized carbons (Fsp3) is 0.312. The van der Waals surface area contributed by atoms with E-state index in [4.69, 9.17) is 11.6 Å². The Morgan fingerprint density at radius 3 is 2.95 bits per heavy atom. The van der Waals surface area contributed by atoms with E-state index in [0.29, 0.717) is 11.8 Å². The van der Waals surface area contributed by atoms with Crippen molar-refractivity contribution in [3.63, 3.8) is 0 Å². The molecule has 1 unspecified atom stereocenters. The maximum atomic E-state index is 6.05. The predicted octanol–water partition coefficient (Wildman–Crippen LogP) is 4.15. The lowest BCUT2D eigenvalue weighted by molar-refractivity contribution is 0.559. The quantitative estimate of drug-likeness (QED) is 0.764. The number of alkyl halides is 1. The van der Waals surface area contributed by atoms with Crippen molar-refractivity contribution in [2.24, 2.45) is 5.92 Å². The summed E-state index contributed by atoms with van der Waals surface area (Å²) < 4.78 is 0. The first-order valence-electron chi connectivity index (χ1n) is 6.65. The normalized spacial score (nSPS) is 18.2. The number of rotatable bonds is 2. The van der Waals surface area contributed by atoms with E-state index < -0.39 is 0 Å². The third-order valence-electron chi connectivity index (χ3n) is 3.61. The first-order valence-corrected chi connectivity index (χ1v) is 7.18. The summed E-state index contributed by atoms with van der Waals surface area (Å²) in [5.41, 5.74) is 3.76. The molecule has 1 atom stereocenters. The Morgan fingerprint density at radius 1 is 1.26 bits per heavy atom. The van der Waals surface area contributed by atoms with E-state index in [-0.39, 0.29) is 0 Å². The third-order valence-corrected chi connectivity index (χ3v) is 3.90. The Labute approximate surface area is 119 Å². The maximum absolute atomic E-state index is 6.05. The fourth-order valence-corrected chi connectivity index (χ4v) is 2.98. The minimum atomic E-state index is 0.496. The molecule has 0 radical (unpaired) electrons. The Morgan fingerprint density at radius 2 is 2.11 bits per heavy atom. The molecule has 1 aliphatic heterocycles. The summed E-state index contributed by atoms with van der Waals surface area (Å²) in [5, 5.41) is 0. The van der Waals surface area contributed by atoms with Crippen LogP contribution in [-0.2, 0) is 12.3 Å². The SMILES string of the molecule is CC1Cc2ccccc2N(c2ncccc2CCl)C1. The van der Waals surface area contributed by atoms with Gasteiger partial charge in [-0.25, -0.2) is 4.98 Å². The second kappa shape index (κ2) is 5.22. The van der Waals surface area contributed by atoms with E-state index in [9.17, 15) is 0 Å². The van der Waals surface area contributed by atoms with E-state index in [0.717, 1.165) is 24.3 Å². The number of halogens is 1. The number of anilines is 2. The second-order valence-electron chi connectivity index (χ2n) is 5.17. The van der Waals surface area contributed by atoms with Gasteiger partial charge in [-0.15, -0.1) is 11.6 Å². The summed E-state index contributed by atoms with van der Waals surface area (Å²) in [6.45, 7) is 3.28. The van der Waals surface area contributed by atoms with Crippen LogP contribution in [0, 0.1) is 5.92 Å². The highest BCUT2D eigenvalue weighted by Gasteiger charge is 2.24. The van der Waals surface area contributed by atoms with Gasteiger partial charge in [-0.1, -0.05) is 31.2 Å². The van der Waals surface area contributed by atoms with Crippen LogP contribution in [0.25, 0.3) is 0 Å². The van der Waals surface area contributed by atoms with E-state index >= 15 is 0 Å². The average molecular weight is 273 g/mol. The minimum Gasteiger partial charge on any atom is -0.326 e. The molecule has 0 amide bonds. The van der Waals surface area contributed by atoms with Crippen LogP contribution >= 0.6 is 11.6 Å². The summed E-state index contributed by atoms with van der Waals surface area (Å²) in [6, 6.07) is 12.6. The zero-order valence-electron chi connectivity index (χ0n) is 11.0. The topological polar surface area (TPSA) is 16.1 Å². The maximum Gasteiger partial charge on any atom is 0.137 e. The molecule has 0 saturated heterocycles. The summed E-state index contributed by atoms with van der Waals surface area (Å²) in [7, 11) is 0.